The molecule has 1 aromatic carbocycles. The van der Waals surface area contributed by atoms with Crippen molar-refractivity contribution in [2.45, 2.75) is 9.90 Å². The molecule has 0 saturated heterocycles. The van der Waals surface area contributed by atoms with Gasteiger partial charge in [-0.15, -0.1) is 12.4 Å². The fourth-order valence-corrected chi connectivity index (χ4v) is 4.69. The molecule has 0 amide bonds. The molecule has 28 heavy (non-hydrogen) atoms. The number of hydrogen-bond acceptors (Lipinski definition) is 5. The summed E-state index contributed by atoms with van der Waals surface area (Å²) in [5.74, 6) is -1.17. The topological polar surface area (TPSA) is 121 Å². The number of pyridine rings is 1. The Morgan fingerprint density at radius 3 is 2.57 bits per heavy atom. The fourth-order valence-electron chi connectivity index (χ4n) is 2.62. The molecule has 2 aromatic rings. The lowest BCUT2D eigenvalue weighted by atomic mass is 10.1. The Kier molecular flexibility index (Phi) is 6.65. The number of benzene rings is 1. The Labute approximate surface area is 172 Å². The van der Waals surface area contributed by atoms with Crippen molar-refractivity contribution in [3.8, 4) is 0 Å². The minimum absolute atomic E-state index is 0. The molecule has 1 aliphatic heterocycles. The van der Waals surface area contributed by atoms with E-state index in [9.17, 15) is 13.2 Å². The Hall–Kier alpha value is -2.62. The summed E-state index contributed by atoms with van der Waals surface area (Å²) in [5, 5.41) is 14.4. The molecule has 1 aromatic heterocycles. The van der Waals surface area contributed by atoms with Crippen molar-refractivity contribution in [3.05, 3.63) is 71.5 Å². The summed E-state index contributed by atoms with van der Waals surface area (Å²) in [6.45, 7) is -0.536. The van der Waals surface area contributed by atoms with Gasteiger partial charge in [-0.2, -0.15) is 0 Å². The maximum atomic E-state index is 13.5. The standard InChI is InChI=1S/C17H15ClN4O4S.ClH/c18-13-6-2-1-5-12(13)17(27(25,26)14-7-3-4-9-19-14)8-10-20-16(22-17)21-11-15(23)24;/h1-10H,11H2,(H,23,24)(H2,20,21,22);1H. The van der Waals surface area contributed by atoms with Gasteiger partial charge in [-0.25, -0.2) is 18.4 Å². The zero-order valence-electron chi connectivity index (χ0n) is 14.2. The van der Waals surface area contributed by atoms with Crippen LogP contribution in [0.5, 0.6) is 0 Å². The van der Waals surface area contributed by atoms with Crippen LogP contribution in [0.15, 0.2) is 71.0 Å². The number of aliphatic imine (C=N–C) groups is 1. The van der Waals surface area contributed by atoms with Crippen molar-refractivity contribution >= 4 is 45.8 Å². The second kappa shape index (κ2) is 8.59. The molecule has 1 atom stereocenters. The molecule has 3 rings (SSSR count). The lowest BCUT2D eigenvalue weighted by molar-refractivity contribution is -0.135. The smallest absolute Gasteiger partial charge is 0.325 e. The number of aromatic nitrogens is 1. The molecule has 0 radical (unpaired) electrons. The molecule has 0 bridgehead atoms. The van der Waals surface area contributed by atoms with E-state index in [2.05, 4.69) is 20.6 Å². The molecule has 148 valence electrons. The Balaban J connectivity index is 0.00000280. The van der Waals surface area contributed by atoms with Crippen molar-refractivity contribution in [2.24, 2.45) is 4.99 Å². The van der Waals surface area contributed by atoms with Crippen LogP contribution in [0.1, 0.15) is 5.56 Å². The minimum Gasteiger partial charge on any atom is -0.480 e. The number of nitrogens with one attached hydrogen (secondary N) is 2. The van der Waals surface area contributed by atoms with Gasteiger partial charge in [0.1, 0.15) is 6.54 Å². The van der Waals surface area contributed by atoms with Gasteiger partial charge in [-0.1, -0.05) is 35.9 Å². The van der Waals surface area contributed by atoms with E-state index >= 15 is 0 Å². The molecule has 2 heterocycles. The zero-order valence-corrected chi connectivity index (χ0v) is 16.6. The summed E-state index contributed by atoms with van der Waals surface area (Å²) in [6.07, 6.45) is 4.14. The molecular formula is C17H16Cl2N4O4S. The Morgan fingerprint density at radius 1 is 1.21 bits per heavy atom. The molecule has 1 aliphatic rings. The fraction of sp³-hybridized carbons (Fsp3) is 0.118. The van der Waals surface area contributed by atoms with Gasteiger partial charge in [0.15, 0.2) is 15.9 Å². The number of guanidine groups is 1. The van der Waals surface area contributed by atoms with Crippen LogP contribution in [0.4, 0.5) is 0 Å². The number of aliphatic carboxylic acids is 1. The van der Waals surface area contributed by atoms with E-state index in [1.807, 2.05) is 0 Å². The third-order valence-corrected chi connectivity index (χ3v) is 6.25. The van der Waals surface area contributed by atoms with Crippen LogP contribution in [0.3, 0.4) is 0 Å². The summed E-state index contributed by atoms with van der Waals surface area (Å²) in [4.78, 5) is 16.8. The quantitative estimate of drug-likeness (QED) is 0.646. The number of hydrogen-bond donors (Lipinski definition) is 3. The number of carboxylic acids is 1. The number of carboxylic acid groups (broad SMARTS) is 1. The minimum atomic E-state index is -4.13. The number of nitrogens with zero attached hydrogens (tertiary/aromatic N) is 2. The van der Waals surface area contributed by atoms with Crippen molar-refractivity contribution in [3.63, 3.8) is 0 Å². The highest BCUT2D eigenvalue weighted by atomic mass is 35.5. The van der Waals surface area contributed by atoms with E-state index < -0.39 is 27.2 Å². The first-order valence-corrected chi connectivity index (χ1v) is 9.62. The van der Waals surface area contributed by atoms with Gasteiger partial charge in [-0.3, -0.25) is 4.79 Å². The highest BCUT2D eigenvalue weighted by Gasteiger charge is 2.48. The summed E-state index contributed by atoms with van der Waals surface area (Å²) in [7, 11) is -4.13. The van der Waals surface area contributed by atoms with E-state index in [0.717, 1.165) is 0 Å². The lowest BCUT2D eigenvalue weighted by Gasteiger charge is -2.35. The SMILES string of the molecule is Cl.O=C(O)CN=C1NC=CC(c2ccccc2Cl)(S(=O)(=O)c2ccccn2)N1. The first kappa shape index (κ1) is 21.7. The summed E-state index contributed by atoms with van der Waals surface area (Å²) >= 11 is 6.30. The number of sulfone groups is 1. The highest BCUT2D eigenvalue weighted by Crippen LogP contribution is 2.38. The molecular weight excluding hydrogens is 427 g/mol. The average Bonchev–Trinajstić information content (AvgIpc) is 2.67. The van der Waals surface area contributed by atoms with Crippen molar-refractivity contribution in [1.82, 2.24) is 15.6 Å². The Morgan fingerprint density at radius 2 is 1.93 bits per heavy atom. The third-order valence-electron chi connectivity index (χ3n) is 3.83. The van der Waals surface area contributed by atoms with Gasteiger partial charge in [-0.05, 0) is 24.3 Å². The summed E-state index contributed by atoms with van der Waals surface area (Å²) < 4.78 is 27.0. The molecule has 0 aliphatic carbocycles. The molecule has 11 heteroatoms. The van der Waals surface area contributed by atoms with Crippen LogP contribution >= 0.6 is 24.0 Å². The number of halogens is 2. The van der Waals surface area contributed by atoms with Gasteiger partial charge < -0.3 is 15.7 Å². The Bertz CT molecular complexity index is 1030. The van der Waals surface area contributed by atoms with Crippen LogP contribution in [-0.2, 0) is 19.5 Å². The molecule has 8 nitrogen and oxygen atoms in total. The van der Waals surface area contributed by atoms with Gasteiger partial charge in [0.2, 0.25) is 9.84 Å². The maximum Gasteiger partial charge on any atom is 0.325 e. The largest absolute Gasteiger partial charge is 0.480 e. The van der Waals surface area contributed by atoms with Crippen LogP contribution < -0.4 is 10.6 Å². The molecule has 1 unspecified atom stereocenters. The van der Waals surface area contributed by atoms with E-state index in [4.69, 9.17) is 16.7 Å². The summed E-state index contributed by atoms with van der Waals surface area (Å²) in [6, 6.07) is 11.0. The van der Waals surface area contributed by atoms with Crippen LogP contribution in [0.25, 0.3) is 0 Å². The van der Waals surface area contributed by atoms with E-state index in [1.54, 1.807) is 36.4 Å². The number of carbonyl (C=O) groups is 1. The number of rotatable bonds is 5. The van der Waals surface area contributed by atoms with Crippen molar-refractivity contribution in [2.75, 3.05) is 6.54 Å². The van der Waals surface area contributed by atoms with Gasteiger partial charge >= 0.3 is 5.97 Å². The summed E-state index contributed by atoms with van der Waals surface area (Å²) in [5.41, 5.74) is 0.262. The first-order valence-electron chi connectivity index (χ1n) is 7.76. The monoisotopic (exact) mass is 442 g/mol. The molecule has 3 N–H and O–H groups in total. The third kappa shape index (κ3) is 3.96. The first-order chi connectivity index (χ1) is 12.9. The van der Waals surface area contributed by atoms with Gasteiger partial charge in [0.25, 0.3) is 0 Å². The normalized spacial score (nSPS) is 20.0. The van der Waals surface area contributed by atoms with E-state index in [1.165, 1.54) is 24.5 Å². The second-order valence-corrected chi connectivity index (χ2v) is 8.02. The van der Waals surface area contributed by atoms with Crippen LogP contribution in [-0.4, -0.2) is 37.0 Å². The molecule has 0 spiro atoms. The van der Waals surface area contributed by atoms with Crippen LogP contribution in [0.2, 0.25) is 5.02 Å². The van der Waals surface area contributed by atoms with Crippen molar-refractivity contribution in [1.29, 1.82) is 0 Å². The average molecular weight is 443 g/mol. The maximum absolute atomic E-state index is 13.5. The zero-order chi connectivity index (χ0) is 19.5. The predicted octanol–water partition coefficient (Wildman–Crippen LogP) is 1.93. The lowest BCUT2D eigenvalue weighted by Crippen LogP contribution is -2.56. The van der Waals surface area contributed by atoms with Gasteiger partial charge in [0, 0.05) is 23.0 Å². The predicted molar refractivity (Wildman–Crippen MR) is 107 cm³/mol. The van der Waals surface area contributed by atoms with Crippen molar-refractivity contribution < 1.29 is 18.3 Å². The van der Waals surface area contributed by atoms with Crippen LogP contribution in [0, 0.1) is 0 Å². The second-order valence-electron chi connectivity index (χ2n) is 5.55. The van der Waals surface area contributed by atoms with E-state index in [0.29, 0.717) is 0 Å². The molecule has 0 saturated carbocycles. The molecule has 0 fully saturated rings. The van der Waals surface area contributed by atoms with Gasteiger partial charge in [0.05, 0.1) is 0 Å². The van der Waals surface area contributed by atoms with E-state index in [-0.39, 0.29) is 34.0 Å². The highest BCUT2D eigenvalue weighted by molar-refractivity contribution is 7.92.